The van der Waals surface area contributed by atoms with Gasteiger partial charge in [-0.1, -0.05) is 36.9 Å². The second kappa shape index (κ2) is 7.49. The van der Waals surface area contributed by atoms with Crippen LogP contribution < -0.4 is 4.74 Å². The summed E-state index contributed by atoms with van der Waals surface area (Å²) in [5.74, 6) is 1.23. The number of carbonyl (C=O) groups excluding carboxylic acids is 1. The van der Waals surface area contributed by atoms with Gasteiger partial charge in [0.05, 0.1) is 18.4 Å². The molecule has 0 unspecified atom stereocenters. The van der Waals surface area contributed by atoms with E-state index in [1.807, 2.05) is 30.3 Å². The molecule has 24 heavy (non-hydrogen) atoms. The van der Waals surface area contributed by atoms with Gasteiger partial charge >= 0.3 is 0 Å². The van der Waals surface area contributed by atoms with E-state index in [-0.39, 0.29) is 5.78 Å². The summed E-state index contributed by atoms with van der Waals surface area (Å²) < 4.78 is 5.12. The maximum atomic E-state index is 12.4. The monoisotopic (exact) mass is 337 g/mol. The number of hydrogen-bond donors (Lipinski definition) is 0. The second-order valence-electron chi connectivity index (χ2n) is 5.44. The molecule has 0 spiro atoms. The summed E-state index contributed by atoms with van der Waals surface area (Å²) in [5.41, 5.74) is 2.84. The molecule has 0 N–H and O–H groups in total. The minimum absolute atomic E-state index is 0.0969. The van der Waals surface area contributed by atoms with Gasteiger partial charge in [0.1, 0.15) is 10.8 Å². The van der Waals surface area contributed by atoms with Crippen molar-refractivity contribution in [3.8, 4) is 5.75 Å². The highest BCUT2D eigenvalue weighted by Crippen LogP contribution is 2.26. The predicted octanol–water partition coefficient (Wildman–Crippen LogP) is 4.78. The number of ketones is 1. The van der Waals surface area contributed by atoms with Crippen molar-refractivity contribution in [3.05, 3.63) is 65.7 Å². The first-order chi connectivity index (χ1) is 11.7. The summed E-state index contributed by atoms with van der Waals surface area (Å²) in [4.78, 5) is 17.1. The predicted molar refractivity (Wildman–Crippen MR) is 99.2 cm³/mol. The molecular formula is C20H19NO2S. The number of aryl methyl sites for hydroxylation is 1. The van der Waals surface area contributed by atoms with E-state index in [9.17, 15) is 4.79 Å². The van der Waals surface area contributed by atoms with Gasteiger partial charge in [0.25, 0.3) is 0 Å². The zero-order valence-corrected chi connectivity index (χ0v) is 14.6. The molecule has 0 saturated heterocycles. The van der Waals surface area contributed by atoms with Crippen molar-refractivity contribution in [2.75, 3.05) is 12.9 Å². The van der Waals surface area contributed by atoms with Crippen molar-refractivity contribution in [2.24, 2.45) is 0 Å². The van der Waals surface area contributed by atoms with Crippen LogP contribution in [0.3, 0.4) is 0 Å². The number of ether oxygens (including phenoxy) is 1. The number of nitrogens with zero attached hydrogens (tertiary/aromatic N) is 1. The van der Waals surface area contributed by atoms with E-state index in [1.54, 1.807) is 19.2 Å². The Bertz CT molecular complexity index is 859. The van der Waals surface area contributed by atoms with Crippen LogP contribution in [0.2, 0.25) is 0 Å². The van der Waals surface area contributed by atoms with Crippen LogP contribution in [0.25, 0.3) is 10.9 Å². The molecule has 1 aromatic heterocycles. The van der Waals surface area contributed by atoms with Crippen molar-refractivity contribution < 1.29 is 9.53 Å². The van der Waals surface area contributed by atoms with Crippen molar-refractivity contribution >= 4 is 28.4 Å². The minimum Gasteiger partial charge on any atom is -0.497 e. The fourth-order valence-corrected chi connectivity index (χ4v) is 3.50. The van der Waals surface area contributed by atoms with Crippen LogP contribution in [0.4, 0.5) is 0 Å². The lowest BCUT2D eigenvalue weighted by Crippen LogP contribution is -2.03. The van der Waals surface area contributed by atoms with Gasteiger partial charge in [0.15, 0.2) is 5.78 Å². The highest BCUT2D eigenvalue weighted by molar-refractivity contribution is 8.00. The summed E-state index contributed by atoms with van der Waals surface area (Å²) in [5, 5.41) is 2.08. The van der Waals surface area contributed by atoms with Crippen molar-refractivity contribution in [3.63, 3.8) is 0 Å². The van der Waals surface area contributed by atoms with Gasteiger partial charge in [-0.3, -0.25) is 4.79 Å². The average Bonchev–Trinajstić information content (AvgIpc) is 2.65. The zero-order chi connectivity index (χ0) is 16.9. The molecule has 0 fully saturated rings. The highest BCUT2D eigenvalue weighted by Gasteiger charge is 2.11. The maximum Gasteiger partial charge on any atom is 0.173 e. The molecule has 0 atom stereocenters. The number of hydrogen-bond acceptors (Lipinski definition) is 4. The molecule has 0 aliphatic carbocycles. The summed E-state index contributed by atoms with van der Waals surface area (Å²) >= 11 is 1.51. The molecule has 0 radical (unpaired) electrons. The lowest BCUT2D eigenvalue weighted by atomic mass is 10.1. The highest BCUT2D eigenvalue weighted by atomic mass is 32.2. The minimum atomic E-state index is 0.0969. The lowest BCUT2D eigenvalue weighted by molar-refractivity contribution is 0.102. The first kappa shape index (κ1) is 16.5. The maximum absolute atomic E-state index is 12.4. The number of fused-ring (bicyclic) bond motifs is 1. The second-order valence-corrected chi connectivity index (χ2v) is 6.40. The van der Waals surface area contributed by atoms with Gasteiger partial charge in [0.2, 0.25) is 0 Å². The Labute approximate surface area is 146 Å². The van der Waals surface area contributed by atoms with E-state index in [4.69, 9.17) is 9.72 Å². The third-order valence-corrected chi connectivity index (χ3v) is 4.93. The normalized spacial score (nSPS) is 10.8. The third-order valence-electron chi connectivity index (χ3n) is 3.90. The molecule has 0 aliphatic heterocycles. The van der Waals surface area contributed by atoms with Crippen LogP contribution in [0.1, 0.15) is 22.8 Å². The Kier molecular flexibility index (Phi) is 5.16. The van der Waals surface area contributed by atoms with E-state index in [0.717, 1.165) is 28.1 Å². The SMILES string of the molecule is CCc1cc2ccccc2nc1SCC(=O)c1ccc(OC)cc1. The van der Waals surface area contributed by atoms with E-state index in [0.29, 0.717) is 11.3 Å². The van der Waals surface area contributed by atoms with E-state index in [2.05, 4.69) is 19.1 Å². The Balaban J connectivity index is 1.77. The number of rotatable bonds is 6. The smallest absolute Gasteiger partial charge is 0.173 e. The molecule has 3 rings (SSSR count). The molecule has 0 saturated carbocycles. The molecule has 1 heterocycles. The Morgan fingerprint density at radius 1 is 1.12 bits per heavy atom. The first-order valence-electron chi connectivity index (χ1n) is 7.90. The van der Waals surface area contributed by atoms with Gasteiger partial charge in [-0.15, -0.1) is 0 Å². The Morgan fingerprint density at radius 2 is 1.88 bits per heavy atom. The summed E-state index contributed by atoms with van der Waals surface area (Å²) in [7, 11) is 1.62. The topological polar surface area (TPSA) is 39.2 Å². The Hall–Kier alpha value is -2.33. The average molecular weight is 337 g/mol. The quantitative estimate of drug-likeness (QED) is 0.479. The van der Waals surface area contributed by atoms with E-state index < -0.39 is 0 Å². The van der Waals surface area contributed by atoms with Gasteiger partial charge in [0, 0.05) is 10.9 Å². The van der Waals surface area contributed by atoms with Crippen molar-refractivity contribution in [2.45, 2.75) is 18.4 Å². The standard InChI is InChI=1S/C20H19NO2S/c1-3-14-12-16-6-4-5-7-18(16)21-20(14)24-13-19(22)15-8-10-17(23-2)11-9-15/h4-12H,3,13H2,1-2H3. The first-order valence-corrected chi connectivity index (χ1v) is 8.88. The van der Waals surface area contributed by atoms with Gasteiger partial charge in [-0.05, 0) is 48.4 Å². The molecule has 0 aliphatic rings. The largest absolute Gasteiger partial charge is 0.497 e. The van der Waals surface area contributed by atoms with Gasteiger partial charge in [-0.2, -0.15) is 0 Å². The molecule has 3 nitrogen and oxygen atoms in total. The number of aromatic nitrogens is 1. The number of benzene rings is 2. The van der Waals surface area contributed by atoms with Crippen LogP contribution in [-0.2, 0) is 6.42 Å². The number of Topliss-reactive ketones (excluding diaryl/α,β-unsaturated/α-hetero) is 1. The molecule has 4 heteroatoms. The van der Waals surface area contributed by atoms with Crippen molar-refractivity contribution in [1.82, 2.24) is 4.98 Å². The number of methoxy groups -OCH3 is 1. The lowest BCUT2D eigenvalue weighted by Gasteiger charge is -2.09. The molecule has 3 aromatic rings. The molecule has 0 bridgehead atoms. The fraction of sp³-hybridized carbons (Fsp3) is 0.200. The molecule has 2 aromatic carbocycles. The molecule has 122 valence electrons. The van der Waals surface area contributed by atoms with Crippen LogP contribution in [-0.4, -0.2) is 23.6 Å². The Morgan fingerprint density at radius 3 is 2.58 bits per heavy atom. The van der Waals surface area contributed by atoms with Crippen LogP contribution in [0.15, 0.2) is 59.6 Å². The molecule has 0 amide bonds. The zero-order valence-electron chi connectivity index (χ0n) is 13.8. The van der Waals surface area contributed by atoms with Crippen LogP contribution in [0.5, 0.6) is 5.75 Å². The third kappa shape index (κ3) is 3.60. The van der Waals surface area contributed by atoms with Crippen LogP contribution >= 0.6 is 11.8 Å². The summed E-state index contributed by atoms with van der Waals surface area (Å²) in [6.45, 7) is 2.11. The number of para-hydroxylation sites is 1. The van der Waals surface area contributed by atoms with Crippen LogP contribution in [0, 0.1) is 0 Å². The number of pyridine rings is 1. The number of carbonyl (C=O) groups is 1. The van der Waals surface area contributed by atoms with Gasteiger partial charge < -0.3 is 4.74 Å². The number of thioether (sulfide) groups is 1. The van der Waals surface area contributed by atoms with E-state index >= 15 is 0 Å². The molecular weight excluding hydrogens is 318 g/mol. The van der Waals surface area contributed by atoms with Crippen molar-refractivity contribution in [1.29, 1.82) is 0 Å². The van der Waals surface area contributed by atoms with E-state index in [1.165, 1.54) is 17.3 Å². The summed E-state index contributed by atoms with van der Waals surface area (Å²) in [6.07, 6.45) is 0.900. The summed E-state index contributed by atoms with van der Waals surface area (Å²) in [6, 6.07) is 17.5. The van der Waals surface area contributed by atoms with Gasteiger partial charge in [-0.25, -0.2) is 4.98 Å². The fourth-order valence-electron chi connectivity index (χ4n) is 2.51.